The number of aromatic nitrogens is 2. The van der Waals surface area contributed by atoms with E-state index >= 15 is 0 Å². The van der Waals surface area contributed by atoms with Gasteiger partial charge < -0.3 is 14.4 Å². The normalized spacial score (nSPS) is 14.3. The lowest BCUT2D eigenvalue weighted by molar-refractivity contribution is 0.0976. The van der Waals surface area contributed by atoms with Crippen molar-refractivity contribution in [3.8, 4) is 22.6 Å². The first kappa shape index (κ1) is 28.3. The van der Waals surface area contributed by atoms with Gasteiger partial charge in [-0.15, -0.1) is 10.2 Å². The first-order chi connectivity index (χ1) is 18.6. The lowest BCUT2D eigenvalue weighted by atomic mass is 10.0. The zero-order chi connectivity index (χ0) is 28.0. The first-order valence-electron chi connectivity index (χ1n) is 13.0. The lowest BCUT2D eigenvalue weighted by Gasteiger charge is -2.35. The van der Waals surface area contributed by atoms with Gasteiger partial charge in [0.25, 0.3) is 5.91 Å². The van der Waals surface area contributed by atoms with Crippen molar-refractivity contribution in [1.29, 1.82) is 0 Å². The summed E-state index contributed by atoms with van der Waals surface area (Å²) < 4.78 is 36.2. The molecule has 1 fully saturated rings. The number of rotatable bonds is 10. The first-order valence-corrected chi connectivity index (χ1v) is 14.9. The van der Waals surface area contributed by atoms with Gasteiger partial charge in [0.15, 0.2) is 11.5 Å². The summed E-state index contributed by atoms with van der Waals surface area (Å²) in [4.78, 5) is 16.5. The minimum Gasteiger partial charge on any atom is -0.494 e. The average Bonchev–Trinajstić information content (AvgIpc) is 2.88. The summed E-state index contributed by atoms with van der Waals surface area (Å²) in [7, 11) is -3.66. The summed E-state index contributed by atoms with van der Waals surface area (Å²) in [6, 6.07) is 17.7. The van der Waals surface area contributed by atoms with Crippen molar-refractivity contribution in [2.75, 3.05) is 43.9 Å². The second-order valence-electron chi connectivity index (χ2n) is 9.74. The Morgan fingerprint density at radius 2 is 1.72 bits per heavy atom. The molecule has 0 aliphatic carbocycles. The Morgan fingerprint density at radius 3 is 2.36 bits per heavy atom. The molecule has 1 N–H and O–H groups in total. The molecule has 1 aromatic heterocycles. The Labute approximate surface area is 230 Å². The molecule has 0 atom stereocenters. The number of piperazine rings is 1. The molecule has 2 aromatic carbocycles. The summed E-state index contributed by atoms with van der Waals surface area (Å²) in [5.74, 6) is 1.53. The molecule has 1 aliphatic rings. The number of hydrogen-bond donors (Lipinski definition) is 1. The summed E-state index contributed by atoms with van der Waals surface area (Å²) in [5.41, 5.74) is 3.28. The maximum Gasteiger partial charge on any atom is 0.285 e. The Kier molecular flexibility index (Phi) is 9.03. The third-order valence-electron chi connectivity index (χ3n) is 6.08. The van der Waals surface area contributed by atoms with Crippen LogP contribution in [0.3, 0.4) is 0 Å². The van der Waals surface area contributed by atoms with Gasteiger partial charge in [0.05, 0.1) is 19.0 Å². The van der Waals surface area contributed by atoms with Gasteiger partial charge in [-0.1, -0.05) is 12.1 Å². The van der Waals surface area contributed by atoms with Gasteiger partial charge in [-0.05, 0) is 79.9 Å². The molecule has 1 amide bonds. The van der Waals surface area contributed by atoms with Crippen LogP contribution in [0.5, 0.6) is 11.5 Å². The molecule has 4 rings (SSSR count). The van der Waals surface area contributed by atoms with Gasteiger partial charge >= 0.3 is 0 Å². The highest BCUT2D eigenvalue weighted by Crippen LogP contribution is 2.30. The van der Waals surface area contributed by atoms with E-state index in [1.807, 2.05) is 37.6 Å². The molecule has 1 saturated heterocycles. The topological polar surface area (TPSA) is 114 Å². The Hall–Kier alpha value is -3.70. The van der Waals surface area contributed by atoms with Crippen LogP contribution in [0, 0.1) is 0 Å². The highest BCUT2D eigenvalue weighted by atomic mass is 32.2. The summed E-state index contributed by atoms with van der Waals surface area (Å²) in [5, 5.41) is 8.05. The second kappa shape index (κ2) is 12.4. The third-order valence-corrected chi connectivity index (χ3v) is 6.64. The van der Waals surface area contributed by atoms with Crippen molar-refractivity contribution in [1.82, 2.24) is 19.8 Å². The number of sulfonamides is 1. The molecule has 208 valence electrons. The fourth-order valence-corrected chi connectivity index (χ4v) is 4.86. The predicted molar refractivity (Wildman–Crippen MR) is 151 cm³/mol. The van der Waals surface area contributed by atoms with Gasteiger partial charge in [-0.2, -0.15) is 0 Å². The molecule has 0 bridgehead atoms. The minimum absolute atomic E-state index is 0.0473. The van der Waals surface area contributed by atoms with Crippen LogP contribution in [-0.2, 0) is 16.6 Å². The van der Waals surface area contributed by atoms with E-state index in [0.717, 1.165) is 61.6 Å². The largest absolute Gasteiger partial charge is 0.494 e. The molecule has 0 unspecified atom stereocenters. The Balaban J connectivity index is 1.43. The Bertz CT molecular complexity index is 1390. The van der Waals surface area contributed by atoms with Crippen LogP contribution in [-0.4, -0.2) is 74.6 Å². The molecule has 0 saturated carbocycles. The second-order valence-corrected chi connectivity index (χ2v) is 11.5. The van der Waals surface area contributed by atoms with E-state index in [-0.39, 0.29) is 11.8 Å². The standard InChI is InChI=1S/C28H35N5O5S/c1-5-37-24-8-6-7-22(17-24)23-15-21(16-25(18-23)38-20(2)3)19-32-11-13-33(14-12-32)27-10-9-26(29-30-27)28(34)31-39(4,35)36/h6-10,15-18,20H,5,11-14,19H2,1-4H3,(H,31,34). The highest BCUT2D eigenvalue weighted by molar-refractivity contribution is 7.89. The summed E-state index contributed by atoms with van der Waals surface area (Å²) in [6.45, 7) is 10.5. The number of nitrogens with one attached hydrogen (secondary N) is 1. The molecule has 10 nitrogen and oxygen atoms in total. The monoisotopic (exact) mass is 553 g/mol. The zero-order valence-electron chi connectivity index (χ0n) is 22.8. The molecule has 11 heteroatoms. The van der Waals surface area contributed by atoms with Crippen LogP contribution < -0.4 is 19.1 Å². The fourth-order valence-electron chi connectivity index (χ4n) is 4.42. The average molecular weight is 554 g/mol. The highest BCUT2D eigenvalue weighted by Gasteiger charge is 2.20. The maximum atomic E-state index is 12.0. The van der Waals surface area contributed by atoms with Crippen LogP contribution in [0.2, 0.25) is 0 Å². The van der Waals surface area contributed by atoms with Crippen molar-refractivity contribution >= 4 is 21.7 Å². The van der Waals surface area contributed by atoms with Crippen molar-refractivity contribution < 1.29 is 22.7 Å². The number of nitrogens with zero attached hydrogens (tertiary/aromatic N) is 4. The molecular weight excluding hydrogens is 518 g/mol. The number of carbonyl (C=O) groups excluding carboxylic acids is 1. The number of hydrogen-bond acceptors (Lipinski definition) is 9. The van der Waals surface area contributed by atoms with Crippen LogP contribution in [0.4, 0.5) is 5.82 Å². The van der Waals surface area contributed by atoms with E-state index in [4.69, 9.17) is 9.47 Å². The zero-order valence-corrected chi connectivity index (χ0v) is 23.6. The van der Waals surface area contributed by atoms with Crippen molar-refractivity contribution in [2.24, 2.45) is 0 Å². The molecule has 1 aliphatic heterocycles. The van der Waals surface area contributed by atoms with E-state index in [1.54, 1.807) is 6.07 Å². The van der Waals surface area contributed by atoms with E-state index < -0.39 is 15.9 Å². The van der Waals surface area contributed by atoms with Crippen LogP contribution >= 0.6 is 0 Å². The van der Waals surface area contributed by atoms with Gasteiger partial charge in [0, 0.05) is 32.7 Å². The van der Waals surface area contributed by atoms with E-state index in [9.17, 15) is 13.2 Å². The third kappa shape index (κ3) is 8.14. The summed E-state index contributed by atoms with van der Waals surface area (Å²) >= 11 is 0. The number of benzene rings is 2. The van der Waals surface area contributed by atoms with Crippen molar-refractivity contribution in [2.45, 2.75) is 33.4 Å². The summed E-state index contributed by atoms with van der Waals surface area (Å²) in [6.07, 6.45) is 0.983. The van der Waals surface area contributed by atoms with Gasteiger partial charge in [-0.3, -0.25) is 9.69 Å². The molecule has 0 spiro atoms. The van der Waals surface area contributed by atoms with Gasteiger partial charge in [-0.25, -0.2) is 13.1 Å². The molecule has 0 radical (unpaired) electrons. The molecule has 3 aromatic rings. The van der Waals surface area contributed by atoms with Crippen LogP contribution in [0.1, 0.15) is 36.8 Å². The minimum atomic E-state index is -3.66. The molecular formula is C28H35N5O5S. The maximum absolute atomic E-state index is 12.0. The number of amides is 1. The lowest BCUT2D eigenvalue weighted by Crippen LogP contribution is -2.46. The van der Waals surface area contributed by atoms with Crippen LogP contribution in [0.25, 0.3) is 11.1 Å². The quantitative estimate of drug-likeness (QED) is 0.404. The van der Waals surface area contributed by atoms with E-state index in [0.29, 0.717) is 12.4 Å². The van der Waals surface area contributed by atoms with E-state index in [2.05, 4.69) is 50.3 Å². The molecule has 39 heavy (non-hydrogen) atoms. The van der Waals surface area contributed by atoms with Crippen molar-refractivity contribution in [3.63, 3.8) is 0 Å². The smallest absolute Gasteiger partial charge is 0.285 e. The number of anilines is 1. The SMILES string of the molecule is CCOc1cccc(-c2cc(CN3CCN(c4ccc(C(=O)NS(C)(=O)=O)nn4)CC3)cc(OC(C)C)c2)c1. The van der Waals surface area contributed by atoms with Crippen LogP contribution in [0.15, 0.2) is 54.6 Å². The van der Waals surface area contributed by atoms with Gasteiger partial charge in [0.1, 0.15) is 11.5 Å². The molecule has 2 heterocycles. The fraction of sp³-hybridized carbons (Fsp3) is 0.393. The van der Waals surface area contributed by atoms with Gasteiger partial charge in [0.2, 0.25) is 10.0 Å². The number of carbonyl (C=O) groups is 1. The van der Waals surface area contributed by atoms with Crippen molar-refractivity contribution in [3.05, 3.63) is 65.9 Å². The number of ether oxygens (including phenoxy) is 2. The predicted octanol–water partition coefficient (Wildman–Crippen LogP) is 3.34. The van der Waals surface area contributed by atoms with E-state index in [1.165, 1.54) is 11.6 Å². The Morgan fingerprint density at radius 1 is 0.974 bits per heavy atom.